The number of nitrogens with zero attached hydrogens (tertiary/aromatic N) is 2. The van der Waals surface area contributed by atoms with Crippen molar-refractivity contribution in [2.24, 2.45) is 0 Å². The Balaban J connectivity index is 2.35. The number of alkyl halides is 2. The van der Waals surface area contributed by atoms with Gasteiger partial charge in [-0.2, -0.15) is 5.26 Å². The zero-order chi connectivity index (χ0) is 15.4. The summed E-state index contributed by atoms with van der Waals surface area (Å²) in [6, 6.07) is 16.3. The molecule has 4 nitrogen and oxygen atoms in total. The molecule has 2 atom stereocenters. The van der Waals surface area contributed by atoms with Gasteiger partial charge in [-0.15, -0.1) is 0 Å². The van der Waals surface area contributed by atoms with E-state index in [9.17, 15) is 10.5 Å². The van der Waals surface area contributed by atoms with Gasteiger partial charge in [0.2, 0.25) is 0 Å². The van der Waals surface area contributed by atoms with Crippen molar-refractivity contribution in [1.82, 2.24) is 0 Å². The van der Waals surface area contributed by atoms with Crippen LogP contribution in [0.5, 0.6) is 0 Å². The highest BCUT2D eigenvalue weighted by molar-refractivity contribution is 9.12. The van der Waals surface area contributed by atoms with E-state index in [1.165, 1.54) is 12.1 Å². The minimum atomic E-state index is -0.253. The third kappa shape index (κ3) is 3.63. The zero-order valence-corrected chi connectivity index (χ0v) is 14.0. The van der Waals surface area contributed by atoms with Gasteiger partial charge >= 0.3 is 0 Å². The Hall–Kier alpha value is -1.39. The summed E-state index contributed by atoms with van der Waals surface area (Å²) >= 11 is 7.21. The van der Waals surface area contributed by atoms with Crippen molar-refractivity contribution in [3.8, 4) is 6.07 Å². The molecule has 0 saturated carbocycles. The lowest BCUT2D eigenvalue weighted by atomic mass is 9.99. The average Bonchev–Trinajstić information content (AvgIpc) is 2.53. The highest BCUT2D eigenvalue weighted by Gasteiger charge is 2.22. The topological polar surface area (TPSA) is 70.3 Å². The van der Waals surface area contributed by atoms with Gasteiger partial charge in [0.05, 0.1) is 27.0 Å². The third-order valence-corrected chi connectivity index (χ3v) is 5.84. The molecule has 6 heteroatoms. The number of nitriles is 1. The summed E-state index contributed by atoms with van der Waals surface area (Å²) in [5.41, 5.74) is 2.18. The van der Waals surface area contributed by atoms with E-state index in [-0.39, 0.29) is 20.6 Å². The van der Waals surface area contributed by atoms with Crippen molar-refractivity contribution in [2.75, 3.05) is 5.23 Å². The molecule has 0 heterocycles. The fraction of sp³-hybridized carbons (Fsp3) is 0.133. The Labute approximate surface area is 139 Å². The molecular weight excluding hydrogens is 400 g/mol. The summed E-state index contributed by atoms with van der Waals surface area (Å²) in [5.74, 6) is 0. The van der Waals surface area contributed by atoms with Crippen LogP contribution in [0.2, 0.25) is 0 Å². The maximum absolute atomic E-state index is 10.9. The fourth-order valence-corrected chi connectivity index (χ4v) is 3.26. The second-order valence-corrected chi connectivity index (χ2v) is 6.34. The molecule has 2 aromatic rings. The van der Waals surface area contributed by atoms with Gasteiger partial charge in [-0.3, -0.25) is 5.21 Å². The Morgan fingerprint density at radius 2 is 1.76 bits per heavy atom. The van der Waals surface area contributed by atoms with E-state index in [2.05, 4.69) is 37.9 Å². The average molecular weight is 411 g/mol. The van der Waals surface area contributed by atoms with Gasteiger partial charge in [0, 0.05) is 0 Å². The molecular formula is C15H11Br2N2O2-. The largest absolute Gasteiger partial charge is 0.733 e. The van der Waals surface area contributed by atoms with Crippen molar-refractivity contribution in [3.05, 3.63) is 70.4 Å². The maximum atomic E-state index is 10.9. The highest BCUT2D eigenvalue weighted by Crippen LogP contribution is 2.43. The number of rotatable bonds is 4. The molecule has 0 aliphatic rings. The standard InChI is InChI=1S/C15H11Br2N2O2/c16-14(10-4-2-1-3-5-10)15(17)13-7-6-12(19(20)21)8-11(13)9-18/h1-8,14-15,20H/q-1/t14-,15+/m0/s1. The summed E-state index contributed by atoms with van der Waals surface area (Å²) in [5, 5.41) is 28.8. The van der Waals surface area contributed by atoms with Gasteiger partial charge in [-0.25, -0.2) is 0 Å². The van der Waals surface area contributed by atoms with E-state index in [4.69, 9.17) is 5.21 Å². The van der Waals surface area contributed by atoms with Crippen LogP contribution in [0, 0.1) is 16.5 Å². The van der Waals surface area contributed by atoms with Gasteiger partial charge in [0.1, 0.15) is 0 Å². The summed E-state index contributed by atoms with van der Waals surface area (Å²) in [7, 11) is 0. The lowest BCUT2D eigenvalue weighted by Crippen LogP contribution is -2.08. The second kappa shape index (κ2) is 7.05. The Morgan fingerprint density at radius 1 is 1.10 bits per heavy atom. The number of hydrogen-bond acceptors (Lipinski definition) is 4. The van der Waals surface area contributed by atoms with Crippen LogP contribution < -0.4 is 5.23 Å². The summed E-state index contributed by atoms with van der Waals surface area (Å²) in [4.78, 5) is -0.184. The minimum Gasteiger partial charge on any atom is -0.733 e. The normalized spacial score (nSPS) is 13.3. The van der Waals surface area contributed by atoms with E-state index in [1.54, 1.807) is 6.07 Å². The molecule has 21 heavy (non-hydrogen) atoms. The Bertz CT molecular complexity index is 656. The van der Waals surface area contributed by atoms with Crippen molar-refractivity contribution in [2.45, 2.75) is 9.65 Å². The summed E-state index contributed by atoms with van der Waals surface area (Å²) < 4.78 is 0. The fourth-order valence-electron chi connectivity index (χ4n) is 1.96. The first-order valence-electron chi connectivity index (χ1n) is 6.08. The minimum absolute atomic E-state index is 0.0285. The van der Waals surface area contributed by atoms with Gasteiger partial charge in [0.15, 0.2) is 0 Å². The quantitative estimate of drug-likeness (QED) is 0.579. The first-order chi connectivity index (χ1) is 10.0. The molecule has 2 aromatic carbocycles. The molecule has 0 unspecified atom stereocenters. The van der Waals surface area contributed by atoms with Crippen LogP contribution >= 0.6 is 31.9 Å². The molecule has 0 aliphatic heterocycles. The molecule has 0 fully saturated rings. The molecule has 108 valence electrons. The predicted octanol–water partition coefficient (Wildman–Crippen LogP) is 4.82. The summed E-state index contributed by atoms with van der Waals surface area (Å²) in [6.45, 7) is 0. The van der Waals surface area contributed by atoms with E-state index >= 15 is 0 Å². The van der Waals surface area contributed by atoms with Crippen LogP contribution in [0.4, 0.5) is 5.69 Å². The Morgan fingerprint density at radius 3 is 2.33 bits per heavy atom. The molecule has 1 N–H and O–H groups in total. The van der Waals surface area contributed by atoms with Gasteiger partial charge < -0.3 is 10.4 Å². The smallest absolute Gasteiger partial charge is 0.0995 e. The lowest BCUT2D eigenvalue weighted by Gasteiger charge is -2.24. The van der Waals surface area contributed by atoms with E-state index in [1.807, 2.05) is 30.3 Å². The van der Waals surface area contributed by atoms with E-state index in [0.717, 1.165) is 11.1 Å². The van der Waals surface area contributed by atoms with Crippen molar-refractivity contribution >= 4 is 37.5 Å². The van der Waals surface area contributed by atoms with Gasteiger partial charge in [0.25, 0.3) is 0 Å². The van der Waals surface area contributed by atoms with Crippen LogP contribution in [0.25, 0.3) is 0 Å². The summed E-state index contributed by atoms with van der Waals surface area (Å²) in [6.07, 6.45) is 0. The van der Waals surface area contributed by atoms with Gasteiger partial charge in [-0.05, 0) is 23.3 Å². The van der Waals surface area contributed by atoms with Crippen LogP contribution in [0.1, 0.15) is 26.3 Å². The van der Waals surface area contributed by atoms with Crippen molar-refractivity contribution in [1.29, 1.82) is 5.26 Å². The Kier molecular flexibility index (Phi) is 5.37. The molecule has 0 aromatic heterocycles. The molecule has 2 rings (SSSR count). The van der Waals surface area contributed by atoms with Crippen LogP contribution in [0.3, 0.4) is 0 Å². The molecule has 0 bridgehead atoms. The number of benzene rings is 2. The predicted molar refractivity (Wildman–Crippen MR) is 88.6 cm³/mol. The van der Waals surface area contributed by atoms with Crippen molar-refractivity contribution in [3.63, 3.8) is 0 Å². The zero-order valence-electron chi connectivity index (χ0n) is 10.8. The molecule has 0 aliphatic carbocycles. The third-order valence-electron chi connectivity index (χ3n) is 3.05. The van der Waals surface area contributed by atoms with Crippen LogP contribution in [-0.2, 0) is 0 Å². The maximum Gasteiger partial charge on any atom is 0.0995 e. The SMILES string of the molecule is N#Cc1cc(N([O-])O)ccc1[C@@H](Br)[C@@H](Br)c1ccccc1. The number of hydrogen-bond donors (Lipinski definition) is 1. The van der Waals surface area contributed by atoms with Crippen LogP contribution in [0.15, 0.2) is 48.5 Å². The molecule has 0 spiro atoms. The molecule has 0 saturated heterocycles. The van der Waals surface area contributed by atoms with Gasteiger partial charge in [-0.1, -0.05) is 68.3 Å². The van der Waals surface area contributed by atoms with Crippen molar-refractivity contribution < 1.29 is 5.21 Å². The first kappa shape index (κ1) is 16.0. The second-order valence-electron chi connectivity index (χ2n) is 4.37. The van der Waals surface area contributed by atoms with Crippen LogP contribution in [-0.4, -0.2) is 5.21 Å². The lowest BCUT2D eigenvalue weighted by molar-refractivity contribution is 0.296. The number of anilines is 1. The molecule has 0 radical (unpaired) electrons. The van der Waals surface area contributed by atoms with E-state index in [0.29, 0.717) is 5.56 Å². The number of halogens is 2. The highest BCUT2D eigenvalue weighted by atomic mass is 79.9. The van der Waals surface area contributed by atoms with E-state index < -0.39 is 0 Å². The molecule has 0 amide bonds. The first-order valence-corrected chi connectivity index (χ1v) is 7.91. The monoisotopic (exact) mass is 409 g/mol.